The molecule has 4 nitrogen and oxygen atoms in total. The number of nitrogens with zero attached hydrogens (tertiary/aromatic N) is 3. The summed E-state index contributed by atoms with van der Waals surface area (Å²) in [6.45, 7) is 14.0. The van der Waals surface area contributed by atoms with Crippen LogP contribution in [0.15, 0.2) is 0 Å². The minimum atomic E-state index is -0.00196. The Hall–Kier alpha value is -0.940. The van der Waals surface area contributed by atoms with Crippen LogP contribution in [-0.2, 0) is 5.41 Å². The van der Waals surface area contributed by atoms with Crippen molar-refractivity contribution < 1.29 is 4.79 Å². The predicted octanol–water partition coefficient (Wildman–Crippen LogP) is 3.70. The first-order valence-corrected chi connectivity index (χ1v) is 9.53. The molecule has 1 saturated heterocycles. The van der Waals surface area contributed by atoms with Gasteiger partial charge in [-0.1, -0.05) is 27.7 Å². The van der Waals surface area contributed by atoms with Crippen LogP contribution in [0.2, 0.25) is 0 Å². The van der Waals surface area contributed by atoms with Gasteiger partial charge in [0.25, 0.3) is 5.91 Å². The van der Waals surface area contributed by atoms with Gasteiger partial charge < -0.3 is 9.80 Å². The molecule has 0 saturated carbocycles. The molecule has 1 fully saturated rings. The number of thiazole rings is 1. The number of hydrogen-bond acceptors (Lipinski definition) is 4. The van der Waals surface area contributed by atoms with Gasteiger partial charge in [0.1, 0.15) is 4.88 Å². The maximum atomic E-state index is 12.9. The Kier molecular flexibility index (Phi) is 5.84. The second-order valence-corrected chi connectivity index (χ2v) is 8.67. The standard InChI is InChI=1S/C18H31N3OS/c1-7-10-21-11-8-14(9-12-21)20(6)16(22)15-13(2)19-17(23-15)18(3,4)5/h14H,7-12H2,1-6H3. The highest BCUT2D eigenvalue weighted by atomic mass is 32.1. The van der Waals surface area contributed by atoms with Crippen molar-refractivity contribution in [2.45, 2.75) is 65.3 Å². The molecular formula is C18H31N3OS. The lowest BCUT2D eigenvalue weighted by molar-refractivity contribution is 0.0646. The Balaban J connectivity index is 2.05. The lowest BCUT2D eigenvalue weighted by atomic mass is 9.98. The number of carbonyl (C=O) groups is 1. The van der Waals surface area contributed by atoms with Crippen molar-refractivity contribution in [2.24, 2.45) is 0 Å². The fourth-order valence-electron chi connectivity index (χ4n) is 3.09. The zero-order valence-electron chi connectivity index (χ0n) is 15.5. The number of likely N-dealkylation sites (tertiary alicyclic amines) is 1. The van der Waals surface area contributed by atoms with Crippen molar-refractivity contribution in [3.05, 3.63) is 15.6 Å². The van der Waals surface area contributed by atoms with Crippen LogP contribution >= 0.6 is 11.3 Å². The molecular weight excluding hydrogens is 306 g/mol. The molecule has 0 aromatic carbocycles. The largest absolute Gasteiger partial charge is 0.338 e. The van der Waals surface area contributed by atoms with Crippen molar-refractivity contribution in [3.8, 4) is 0 Å². The summed E-state index contributed by atoms with van der Waals surface area (Å²) in [6.07, 6.45) is 3.35. The van der Waals surface area contributed by atoms with E-state index in [9.17, 15) is 4.79 Å². The predicted molar refractivity (Wildman–Crippen MR) is 97.4 cm³/mol. The normalized spacial score (nSPS) is 17.5. The highest BCUT2D eigenvalue weighted by Gasteiger charge is 2.29. The minimum Gasteiger partial charge on any atom is -0.338 e. The Morgan fingerprint density at radius 3 is 2.43 bits per heavy atom. The third kappa shape index (κ3) is 4.32. The van der Waals surface area contributed by atoms with E-state index in [0.29, 0.717) is 6.04 Å². The first kappa shape index (κ1) is 18.4. The quantitative estimate of drug-likeness (QED) is 0.840. The molecule has 1 aliphatic rings. The summed E-state index contributed by atoms with van der Waals surface area (Å²) in [7, 11) is 1.96. The van der Waals surface area contributed by atoms with E-state index >= 15 is 0 Å². The Labute approximate surface area is 144 Å². The molecule has 1 aromatic rings. The van der Waals surface area contributed by atoms with E-state index in [0.717, 1.165) is 41.5 Å². The molecule has 1 aromatic heterocycles. The van der Waals surface area contributed by atoms with Crippen molar-refractivity contribution >= 4 is 17.2 Å². The topological polar surface area (TPSA) is 36.4 Å². The Morgan fingerprint density at radius 2 is 1.96 bits per heavy atom. The zero-order valence-corrected chi connectivity index (χ0v) is 16.3. The molecule has 1 aliphatic heterocycles. The van der Waals surface area contributed by atoms with E-state index in [1.54, 1.807) is 11.3 Å². The molecule has 0 N–H and O–H groups in total. The highest BCUT2D eigenvalue weighted by Crippen LogP contribution is 2.30. The smallest absolute Gasteiger partial charge is 0.265 e. The Morgan fingerprint density at radius 1 is 1.35 bits per heavy atom. The van der Waals surface area contributed by atoms with Crippen LogP contribution < -0.4 is 0 Å². The van der Waals surface area contributed by atoms with Gasteiger partial charge in [-0.2, -0.15) is 0 Å². The maximum Gasteiger partial charge on any atom is 0.265 e. The van der Waals surface area contributed by atoms with Crippen LogP contribution in [0.5, 0.6) is 0 Å². The van der Waals surface area contributed by atoms with Crippen molar-refractivity contribution in [3.63, 3.8) is 0 Å². The lowest BCUT2D eigenvalue weighted by Crippen LogP contribution is -2.45. The summed E-state index contributed by atoms with van der Waals surface area (Å²) >= 11 is 1.56. The van der Waals surface area contributed by atoms with Crippen LogP contribution in [0.1, 0.15) is 67.3 Å². The monoisotopic (exact) mass is 337 g/mol. The SMILES string of the molecule is CCCN1CCC(N(C)C(=O)c2sc(C(C)(C)C)nc2C)CC1. The molecule has 0 atom stereocenters. The van der Waals surface area contributed by atoms with E-state index < -0.39 is 0 Å². The summed E-state index contributed by atoms with van der Waals surface area (Å²) < 4.78 is 0. The van der Waals surface area contributed by atoms with Gasteiger partial charge in [-0.3, -0.25) is 4.79 Å². The molecule has 0 spiro atoms. The number of piperidine rings is 1. The van der Waals surface area contributed by atoms with Gasteiger partial charge in [0.15, 0.2) is 0 Å². The van der Waals surface area contributed by atoms with E-state index in [1.807, 2.05) is 18.9 Å². The summed E-state index contributed by atoms with van der Waals surface area (Å²) in [4.78, 5) is 22.8. The fourth-order valence-corrected chi connectivity index (χ4v) is 4.19. The van der Waals surface area contributed by atoms with Gasteiger partial charge in [0.05, 0.1) is 10.7 Å². The first-order valence-electron chi connectivity index (χ1n) is 8.71. The molecule has 130 valence electrons. The van der Waals surface area contributed by atoms with Crippen LogP contribution in [0.3, 0.4) is 0 Å². The summed E-state index contributed by atoms with van der Waals surface area (Å²) in [5, 5.41) is 1.05. The molecule has 23 heavy (non-hydrogen) atoms. The van der Waals surface area contributed by atoms with E-state index in [4.69, 9.17) is 0 Å². The number of hydrogen-bond donors (Lipinski definition) is 0. The molecule has 5 heteroatoms. The molecule has 1 amide bonds. The minimum absolute atomic E-state index is 0.00196. The number of aromatic nitrogens is 1. The average Bonchev–Trinajstić information content (AvgIpc) is 2.89. The fraction of sp³-hybridized carbons (Fsp3) is 0.778. The molecule has 0 bridgehead atoms. The molecule has 0 unspecified atom stereocenters. The summed E-state index contributed by atoms with van der Waals surface area (Å²) in [5.41, 5.74) is 0.873. The molecule has 0 radical (unpaired) electrons. The third-order valence-electron chi connectivity index (χ3n) is 4.60. The van der Waals surface area contributed by atoms with E-state index in [1.165, 1.54) is 13.0 Å². The van der Waals surface area contributed by atoms with Gasteiger partial charge in [-0.05, 0) is 32.7 Å². The molecule has 0 aliphatic carbocycles. The number of aryl methyl sites for hydroxylation is 1. The molecule has 2 heterocycles. The van der Waals surface area contributed by atoms with Crippen molar-refractivity contribution in [1.82, 2.24) is 14.8 Å². The van der Waals surface area contributed by atoms with E-state index in [-0.39, 0.29) is 11.3 Å². The van der Waals surface area contributed by atoms with Crippen LogP contribution in [0, 0.1) is 6.92 Å². The lowest BCUT2D eigenvalue weighted by Gasteiger charge is -2.36. The van der Waals surface area contributed by atoms with Crippen molar-refractivity contribution in [1.29, 1.82) is 0 Å². The first-order chi connectivity index (χ1) is 10.7. The van der Waals surface area contributed by atoms with Crippen LogP contribution in [0.4, 0.5) is 0 Å². The van der Waals surface area contributed by atoms with Gasteiger partial charge in [-0.15, -0.1) is 11.3 Å². The second-order valence-electron chi connectivity index (χ2n) is 7.67. The van der Waals surface area contributed by atoms with Gasteiger partial charge in [-0.25, -0.2) is 4.98 Å². The van der Waals surface area contributed by atoms with Gasteiger partial charge in [0, 0.05) is 31.6 Å². The summed E-state index contributed by atoms with van der Waals surface area (Å²) in [5.74, 6) is 0.143. The van der Waals surface area contributed by atoms with Crippen LogP contribution in [-0.4, -0.2) is 53.4 Å². The number of amides is 1. The maximum absolute atomic E-state index is 12.9. The number of carbonyl (C=O) groups excluding carboxylic acids is 1. The molecule has 2 rings (SSSR count). The van der Waals surface area contributed by atoms with Gasteiger partial charge in [0.2, 0.25) is 0 Å². The number of rotatable bonds is 4. The third-order valence-corrected chi connectivity index (χ3v) is 6.17. The highest BCUT2D eigenvalue weighted by molar-refractivity contribution is 7.14. The Bertz CT molecular complexity index is 539. The van der Waals surface area contributed by atoms with Crippen molar-refractivity contribution in [2.75, 3.05) is 26.7 Å². The summed E-state index contributed by atoms with van der Waals surface area (Å²) in [6, 6.07) is 0.357. The average molecular weight is 338 g/mol. The van der Waals surface area contributed by atoms with Crippen LogP contribution in [0.25, 0.3) is 0 Å². The zero-order chi connectivity index (χ0) is 17.2. The van der Waals surface area contributed by atoms with Gasteiger partial charge >= 0.3 is 0 Å². The second kappa shape index (κ2) is 7.31. The van der Waals surface area contributed by atoms with E-state index in [2.05, 4.69) is 37.6 Å².